The van der Waals surface area contributed by atoms with Crippen molar-refractivity contribution in [2.75, 3.05) is 32.6 Å². The molecule has 0 unspecified atom stereocenters. The molecule has 0 spiro atoms. The number of nitrogens with zero attached hydrogens (tertiary/aromatic N) is 5. The van der Waals surface area contributed by atoms with E-state index in [4.69, 9.17) is 4.74 Å². The van der Waals surface area contributed by atoms with Crippen molar-refractivity contribution in [3.63, 3.8) is 0 Å². The molecular formula is C22H23FN6O. The number of nitrogens with one attached hydrogen (secondary N) is 1. The number of methoxy groups -OCH3 is 1. The summed E-state index contributed by atoms with van der Waals surface area (Å²) >= 11 is 0. The van der Waals surface area contributed by atoms with E-state index in [-0.39, 0.29) is 6.04 Å². The number of hydrogen-bond donors (Lipinski definition) is 1. The topological polar surface area (TPSA) is 67.6 Å². The summed E-state index contributed by atoms with van der Waals surface area (Å²) in [6, 6.07) is 11.8. The first-order valence-corrected chi connectivity index (χ1v) is 10.00. The maximum atomic E-state index is 14.4. The lowest BCUT2D eigenvalue weighted by Gasteiger charge is -2.32. The minimum Gasteiger partial charge on any atom is -0.479 e. The molecule has 0 aliphatic carbocycles. The van der Waals surface area contributed by atoms with Crippen molar-refractivity contribution in [2.45, 2.75) is 18.6 Å². The third-order valence-electron chi connectivity index (χ3n) is 5.65. The smallest absolute Gasteiger partial charge is 0.244 e. The predicted molar refractivity (Wildman–Crippen MR) is 115 cm³/mol. The van der Waals surface area contributed by atoms with Gasteiger partial charge in [-0.05, 0) is 43.3 Å². The van der Waals surface area contributed by atoms with Gasteiger partial charge < -0.3 is 15.0 Å². The highest BCUT2D eigenvalue weighted by Gasteiger charge is 2.28. The molecule has 0 bridgehead atoms. The van der Waals surface area contributed by atoms with Crippen LogP contribution in [0.4, 0.5) is 10.3 Å². The highest BCUT2D eigenvalue weighted by atomic mass is 19.1. The van der Waals surface area contributed by atoms with Crippen LogP contribution in [-0.2, 0) is 0 Å². The minimum atomic E-state index is -0.972. The van der Waals surface area contributed by atoms with Crippen LogP contribution < -0.4 is 10.1 Å². The molecule has 0 amide bonds. The van der Waals surface area contributed by atoms with Crippen LogP contribution in [0, 0.1) is 0 Å². The third kappa shape index (κ3) is 3.33. The largest absolute Gasteiger partial charge is 0.479 e. The Morgan fingerprint density at radius 3 is 2.97 bits per heavy atom. The molecule has 1 saturated heterocycles. The number of rotatable bonds is 4. The first kappa shape index (κ1) is 18.7. The van der Waals surface area contributed by atoms with E-state index in [2.05, 4.69) is 26.4 Å². The van der Waals surface area contributed by atoms with E-state index in [9.17, 15) is 4.39 Å². The number of halogens is 1. The number of piperidine rings is 1. The van der Waals surface area contributed by atoms with Crippen LogP contribution in [0.1, 0.15) is 6.42 Å². The zero-order chi connectivity index (χ0) is 20.7. The Bertz CT molecular complexity index is 1210. The van der Waals surface area contributed by atoms with Gasteiger partial charge in [0.15, 0.2) is 0 Å². The maximum absolute atomic E-state index is 14.4. The molecule has 0 saturated carbocycles. The van der Waals surface area contributed by atoms with Crippen molar-refractivity contribution in [2.24, 2.45) is 0 Å². The average molecular weight is 406 g/mol. The van der Waals surface area contributed by atoms with Crippen molar-refractivity contribution >= 4 is 22.4 Å². The van der Waals surface area contributed by atoms with Crippen LogP contribution in [0.2, 0.25) is 0 Å². The van der Waals surface area contributed by atoms with Gasteiger partial charge in [0.05, 0.1) is 18.7 Å². The fourth-order valence-corrected chi connectivity index (χ4v) is 4.06. The zero-order valence-corrected chi connectivity index (χ0v) is 16.9. The monoisotopic (exact) mass is 406 g/mol. The highest BCUT2D eigenvalue weighted by Crippen LogP contribution is 2.33. The number of anilines is 1. The van der Waals surface area contributed by atoms with E-state index < -0.39 is 6.17 Å². The molecule has 30 heavy (non-hydrogen) atoms. The second-order valence-corrected chi connectivity index (χ2v) is 7.70. The normalized spacial score (nSPS) is 20.0. The average Bonchev–Trinajstić information content (AvgIpc) is 3.19. The molecule has 1 aliphatic heterocycles. The van der Waals surface area contributed by atoms with Gasteiger partial charge in [-0.2, -0.15) is 4.98 Å². The lowest BCUT2D eigenvalue weighted by molar-refractivity contribution is 0.149. The molecule has 5 rings (SSSR count). The maximum Gasteiger partial charge on any atom is 0.244 e. The fraction of sp³-hybridized carbons (Fsp3) is 0.318. The number of fused-ring (bicyclic) bond motifs is 2. The van der Waals surface area contributed by atoms with Crippen molar-refractivity contribution in [3.05, 3.63) is 48.8 Å². The highest BCUT2D eigenvalue weighted by molar-refractivity contribution is 5.90. The van der Waals surface area contributed by atoms with Gasteiger partial charge in [0, 0.05) is 36.4 Å². The molecule has 3 aromatic heterocycles. The van der Waals surface area contributed by atoms with Crippen molar-refractivity contribution in [1.82, 2.24) is 24.5 Å². The van der Waals surface area contributed by atoms with Crippen LogP contribution >= 0.6 is 0 Å². The van der Waals surface area contributed by atoms with Gasteiger partial charge in [0.2, 0.25) is 11.8 Å². The first-order chi connectivity index (χ1) is 14.6. The summed E-state index contributed by atoms with van der Waals surface area (Å²) < 4.78 is 21.7. The number of pyridine rings is 1. The summed E-state index contributed by atoms with van der Waals surface area (Å²) in [5, 5.41) is 8.78. The number of hydrogen-bond acceptors (Lipinski definition) is 6. The molecule has 1 fully saturated rings. The number of alkyl halides is 1. The van der Waals surface area contributed by atoms with E-state index in [0.29, 0.717) is 24.8 Å². The van der Waals surface area contributed by atoms with Crippen molar-refractivity contribution in [1.29, 1.82) is 0 Å². The lowest BCUT2D eigenvalue weighted by Crippen LogP contribution is -2.46. The molecular weight excluding hydrogens is 383 g/mol. The van der Waals surface area contributed by atoms with E-state index in [1.165, 1.54) is 0 Å². The lowest BCUT2D eigenvalue weighted by atomic mass is 10.0. The Hall–Kier alpha value is -3.26. The van der Waals surface area contributed by atoms with E-state index >= 15 is 0 Å². The quantitative estimate of drug-likeness (QED) is 0.560. The minimum absolute atomic E-state index is 0.314. The van der Waals surface area contributed by atoms with Gasteiger partial charge in [-0.1, -0.05) is 12.1 Å². The van der Waals surface area contributed by atoms with Gasteiger partial charge in [-0.25, -0.2) is 8.91 Å². The van der Waals surface area contributed by atoms with E-state index in [1.54, 1.807) is 17.8 Å². The molecule has 8 heteroatoms. The summed E-state index contributed by atoms with van der Waals surface area (Å²) in [6.45, 7) is 1.24. The standard InChI is InChI=1S/C22H23FN6O/c1-28-10-8-19(17(23)13-28)25-22-26-21(30-2)20-16(7-11-29(20)27-22)14-5-6-18-15(12-14)4-3-9-24-18/h3-7,9,11-12,17,19H,8,10,13H2,1-2H3,(H,25,27)/t17-,19-/m0/s1. The Labute approximate surface area is 173 Å². The van der Waals surface area contributed by atoms with Crippen LogP contribution in [0.25, 0.3) is 27.5 Å². The molecule has 1 aliphatic rings. The predicted octanol–water partition coefficient (Wildman–Crippen LogP) is 3.41. The molecule has 154 valence electrons. The summed E-state index contributed by atoms with van der Waals surface area (Å²) in [7, 11) is 3.51. The molecule has 4 aromatic rings. The van der Waals surface area contributed by atoms with Gasteiger partial charge in [0.1, 0.15) is 11.7 Å². The summed E-state index contributed by atoms with van der Waals surface area (Å²) in [5.74, 6) is 0.809. The Kier molecular flexibility index (Phi) is 4.71. The Morgan fingerprint density at radius 2 is 2.13 bits per heavy atom. The first-order valence-electron chi connectivity index (χ1n) is 10.00. The number of aromatic nitrogens is 4. The van der Waals surface area contributed by atoms with Crippen molar-refractivity contribution < 1.29 is 9.13 Å². The number of ether oxygens (including phenoxy) is 1. The number of benzene rings is 1. The fourth-order valence-electron chi connectivity index (χ4n) is 4.06. The molecule has 2 atom stereocenters. The van der Waals surface area contributed by atoms with Crippen LogP contribution in [-0.4, -0.2) is 63.9 Å². The van der Waals surface area contributed by atoms with Gasteiger partial charge >= 0.3 is 0 Å². The van der Waals surface area contributed by atoms with Gasteiger partial charge in [0.25, 0.3) is 0 Å². The SMILES string of the molecule is COc1nc(N[C@H]2CCN(C)C[C@@H]2F)nn2ccc(-c3ccc4ncccc4c3)c12. The van der Waals surface area contributed by atoms with Crippen LogP contribution in [0.5, 0.6) is 5.88 Å². The summed E-state index contributed by atoms with van der Waals surface area (Å²) in [5.41, 5.74) is 3.70. The molecule has 4 heterocycles. The Morgan fingerprint density at radius 1 is 1.23 bits per heavy atom. The Balaban J connectivity index is 1.52. The zero-order valence-electron chi connectivity index (χ0n) is 16.9. The van der Waals surface area contributed by atoms with Gasteiger partial charge in [-0.15, -0.1) is 5.10 Å². The van der Waals surface area contributed by atoms with E-state index in [1.807, 2.05) is 48.5 Å². The second-order valence-electron chi connectivity index (χ2n) is 7.70. The molecule has 7 nitrogen and oxygen atoms in total. The van der Waals surface area contributed by atoms with E-state index in [0.717, 1.165) is 34.1 Å². The van der Waals surface area contributed by atoms with Crippen LogP contribution in [0.3, 0.4) is 0 Å². The summed E-state index contributed by atoms with van der Waals surface area (Å²) in [4.78, 5) is 10.9. The molecule has 1 aromatic carbocycles. The second kappa shape index (κ2) is 7.53. The van der Waals surface area contributed by atoms with Gasteiger partial charge in [-0.3, -0.25) is 4.98 Å². The summed E-state index contributed by atoms with van der Waals surface area (Å²) in [6.07, 6.45) is 3.38. The molecule has 0 radical (unpaired) electrons. The van der Waals surface area contributed by atoms with Crippen LogP contribution in [0.15, 0.2) is 48.8 Å². The molecule has 1 N–H and O–H groups in total. The number of likely N-dealkylation sites (tertiary alicyclic amines) is 1. The van der Waals surface area contributed by atoms with Crippen molar-refractivity contribution in [3.8, 4) is 17.0 Å². The third-order valence-corrected chi connectivity index (χ3v) is 5.65.